The summed E-state index contributed by atoms with van der Waals surface area (Å²) in [5.74, 6) is 0.888. The number of quaternary nitrogens is 1. The lowest BCUT2D eigenvalue weighted by Crippen LogP contribution is -3.11. The number of rotatable bonds is 3. The third kappa shape index (κ3) is 2.79. The van der Waals surface area contributed by atoms with Crippen LogP contribution in [0.4, 0.5) is 0 Å². The largest absolute Gasteiger partial charge is 0.312 e. The third-order valence-electron chi connectivity index (χ3n) is 4.66. The number of nitrogens with zero attached hydrogens (tertiary/aromatic N) is 4. The van der Waals surface area contributed by atoms with E-state index in [9.17, 15) is 0 Å². The zero-order valence-electron chi connectivity index (χ0n) is 13.6. The number of hydrogen-bond donors (Lipinski definition) is 1. The molecule has 1 unspecified atom stereocenters. The van der Waals surface area contributed by atoms with Crippen LogP contribution in [0, 0.1) is 4.77 Å². The minimum Gasteiger partial charge on any atom is -0.312 e. The molecule has 0 saturated carbocycles. The van der Waals surface area contributed by atoms with E-state index in [2.05, 4.69) is 29.2 Å². The van der Waals surface area contributed by atoms with Crippen LogP contribution in [0.3, 0.4) is 0 Å². The van der Waals surface area contributed by atoms with Crippen molar-refractivity contribution in [2.45, 2.75) is 19.6 Å². The van der Waals surface area contributed by atoms with Crippen molar-refractivity contribution >= 4 is 12.2 Å². The molecule has 0 radical (unpaired) electrons. The van der Waals surface area contributed by atoms with Crippen LogP contribution >= 0.6 is 12.2 Å². The first-order valence-corrected chi connectivity index (χ1v) is 8.58. The lowest BCUT2D eigenvalue weighted by atomic mass is 10.0. The highest BCUT2D eigenvalue weighted by molar-refractivity contribution is 7.71. The summed E-state index contributed by atoms with van der Waals surface area (Å²) < 4.78 is 4.68. The van der Waals surface area contributed by atoms with Crippen molar-refractivity contribution in [3.05, 3.63) is 64.7 Å². The summed E-state index contributed by atoms with van der Waals surface area (Å²) >= 11 is 5.59. The molecule has 1 N–H and O–H groups in total. The van der Waals surface area contributed by atoms with Gasteiger partial charge in [-0.25, -0.2) is 0 Å². The predicted octanol–water partition coefficient (Wildman–Crippen LogP) is 1.61. The minimum atomic E-state index is 0.758. The topological polar surface area (TPSA) is 40.1 Å². The zero-order valence-corrected chi connectivity index (χ0v) is 14.5. The SMILES string of the molecule is Cn1c(-c2ccncc2)nn(C[NH+]2CCc3ccccc3C2)c1=S. The maximum absolute atomic E-state index is 5.59. The fourth-order valence-corrected chi connectivity index (χ4v) is 3.52. The van der Waals surface area contributed by atoms with Crippen molar-refractivity contribution in [1.82, 2.24) is 19.3 Å². The molecule has 0 aliphatic carbocycles. The molecule has 2 aromatic heterocycles. The van der Waals surface area contributed by atoms with E-state index in [1.807, 2.05) is 28.4 Å². The summed E-state index contributed by atoms with van der Waals surface area (Å²) in [6.07, 6.45) is 4.68. The number of aromatic nitrogens is 4. The van der Waals surface area contributed by atoms with Crippen LogP contribution in [0.1, 0.15) is 11.1 Å². The standard InChI is InChI=1S/C18H19N5S/c1-21-17(15-6-9-19-10-7-15)20-23(18(21)24)13-22-11-8-14-4-2-3-5-16(14)12-22/h2-7,9-10H,8,11-13H2,1H3/p+1. The first kappa shape index (κ1) is 15.2. The molecular weight excluding hydrogens is 318 g/mol. The molecule has 5 nitrogen and oxygen atoms in total. The molecular formula is C18H20N5S+. The highest BCUT2D eigenvalue weighted by Gasteiger charge is 2.20. The van der Waals surface area contributed by atoms with Gasteiger partial charge in [-0.2, -0.15) is 4.68 Å². The smallest absolute Gasteiger partial charge is 0.202 e. The molecule has 3 aromatic rings. The molecule has 0 fully saturated rings. The Bertz CT molecular complexity index is 913. The van der Waals surface area contributed by atoms with E-state index in [1.54, 1.807) is 12.4 Å². The van der Waals surface area contributed by atoms with Gasteiger partial charge in [-0.3, -0.25) is 4.98 Å². The monoisotopic (exact) mass is 338 g/mol. The van der Waals surface area contributed by atoms with Crippen molar-refractivity contribution < 1.29 is 4.90 Å². The van der Waals surface area contributed by atoms with Gasteiger partial charge in [0.15, 0.2) is 12.5 Å². The van der Waals surface area contributed by atoms with E-state index in [0.29, 0.717) is 0 Å². The molecule has 122 valence electrons. The molecule has 0 spiro atoms. The van der Waals surface area contributed by atoms with Gasteiger partial charge in [0, 0.05) is 37.0 Å². The first-order chi connectivity index (χ1) is 11.7. The Hall–Kier alpha value is -2.31. The maximum atomic E-state index is 5.59. The fraction of sp³-hybridized carbons (Fsp3) is 0.278. The van der Waals surface area contributed by atoms with Gasteiger partial charge in [0.2, 0.25) is 4.77 Å². The summed E-state index contributed by atoms with van der Waals surface area (Å²) in [6.45, 7) is 2.94. The van der Waals surface area contributed by atoms with Gasteiger partial charge in [-0.15, -0.1) is 5.10 Å². The van der Waals surface area contributed by atoms with E-state index in [-0.39, 0.29) is 0 Å². The average Bonchev–Trinajstić information content (AvgIpc) is 2.91. The van der Waals surface area contributed by atoms with Gasteiger partial charge in [0.1, 0.15) is 6.54 Å². The Morgan fingerprint density at radius 2 is 1.88 bits per heavy atom. The van der Waals surface area contributed by atoms with Crippen molar-refractivity contribution in [2.75, 3.05) is 6.54 Å². The molecule has 4 rings (SSSR count). The van der Waals surface area contributed by atoms with Gasteiger partial charge in [-0.05, 0) is 29.9 Å². The second-order valence-corrected chi connectivity index (χ2v) is 6.62. The molecule has 1 atom stereocenters. The molecule has 1 aliphatic heterocycles. The second kappa shape index (κ2) is 6.30. The number of benzene rings is 1. The van der Waals surface area contributed by atoms with Crippen LogP contribution < -0.4 is 4.90 Å². The number of nitrogens with one attached hydrogen (secondary N) is 1. The van der Waals surface area contributed by atoms with Crippen LogP contribution in [0.15, 0.2) is 48.8 Å². The summed E-state index contributed by atoms with van der Waals surface area (Å²) in [7, 11) is 1.97. The van der Waals surface area contributed by atoms with Crippen LogP contribution in [0.25, 0.3) is 11.4 Å². The minimum absolute atomic E-state index is 0.758. The van der Waals surface area contributed by atoms with Crippen molar-refractivity contribution in [3.8, 4) is 11.4 Å². The van der Waals surface area contributed by atoms with Crippen LogP contribution in [0.5, 0.6) is 0 Å². The molecule has 1 aliphatic rings. The van der Waals surface area contributed by atoms with E-state index >= 15 is 0 Å². The zero-order chi connectivity index (χ0) is 16.5. The van der Waals surface area contributed by atoms with Gasteiger partial charge < -0.3 is 9.47 Å². The van der Waals surface area contributed by atoms with E-state index < -0.39 is 0 Å². The quantitative estimate of drug-likeness (QED) is 0.738. The maximum Gasteiger partial charge on any atom is 0.202 e. The fourth-order valence-electron chi connectivity index (χ4n) is 3.33. The van der Waals surface area contributed by atoms with Gasteiger partial charge in [0.25, 0.3) is 0 Å². The Kier molecular flexibility index (Phi) is 4.00. The lowest BCUT2D eigenvalue weighted by Gasteiger charge is -2.25. The number of pyridine rings is 1. The summed E-state index contributed by atoms with van der Waals surface area (Å²) in [5, 5.41) is 4.76. The van der Waals surface area contributed by atoms with E-state index in [4.69, 9.17) is 17.3 Å². The number of hydrogen-bond acceptors (Lipinski definition) is 3. The lowest BCUT2D eigenvalue weighted by molar-refractivity contribution is -0.939. The summed E-state index contributed by atoms with van der Waals surface area (Å²) in [6, 6.07) is 12.6. The first-order valence-electron chi connectivity index (χ1n) is 8.17. The molecule has 1 aromatic carbocycles. The normalized spacial score (nSPS) is 16.8. The van der Waals surface area contributed by atoms with Crippen molar-refractivity contribution in [2.24, 2.45) is 7.05 Å². The Morgan fingerprint density at radius 3 is 2.67 bits per heavy atom. The van der Waals surface area contributed by atoms with Crippen molar-refractivity contribution in [1.29, 1.82) is 0 Å². The van der Waals surface area contributed by atoms with Gasteiger partial charge in [0.05, 0.1) is 6.54 Å². The Labute approximate surface area is 146 Å². The Morgan fingerprint density at radius 1 is 1.12 bits per heavy atom. The third-order valence-corrected chi connectivity index (χ3v) is 5.14. The number of fused-ring (bicyclic) bond motifs is 1. The van der Waals surface area contributed by atoms with Crippen molar-refractivity contribution in [3.63, 3.8) is 0 Å². The molecule has 0 amide bonds. The predicted molar refractivity (Wildman–Crippen MR) is 94.9 cm³/mol. The van der Waals surface area contributed by atoms with Gasteiger partial charge >= 0.3 is 0 Å². The highest BCUT2D eigenvalue weighted by atomic mass is 32.1. The second-order valence-electron chi connectivity index (χ2n) is 6.25. The van der Waals surface area contributed by atoms with E-state index in [0.717, 1.165) is 42.3 Å². The summed E-state index contributed by atoms with van der Waals surface area (Å²) in [5.41, 5.74) is 3.95. The van der Waals surface area contributed by atoms with Gasteiger partial charge in [-0.1, -0.05) is 24.3 Å². The average molecular weight is 338 g/mol. The molecule has 3 heterocycles. The van der Waals surface area contributed by atoms with Crippen LogP contribution in [-0.4, -0.2) is 25.9 Å². The molecule has 6 heteroatoms. The van der Waals surface area contributed by atoms with Crippen LogP contribution in [0.2, 0.25) is 0 Å². The molecule has 24 heavy (non-hydrogen) atoms. The molecule has 0 saturated heterocycles. The van der Waals surface area contributed by atoms with Crippen LogP contribution in [-0.2, 0) is 26.7 Å². The Balaban J connectivity index is 1.59. The van der Waals surface area contributed by atoms with E-state index in [1.165, 1.54) is 16.0 Å². The summed E-state index contributed by atoms with van der Waals surface area (Å²) in [4.78, 5) is 5.56. The molecule has 0 bridgehead atoms. The highest BCUT2D eigenvalue weighted by Crippen LogP contribution is 2.16.